The molecule has 0 unspecified atom stereocenters. The second kappa shape index (κ2) is 9.11. The van der Waals surface area contributed by atoms with Crippen molar-refractivity contribution in [2.24, 2.45) is 5.92 Å². The molecule has 1 aliphatic rings. The van der Waals surface area contributed by atoms with Crippen LogP contribution in [-0.4, -0.2) is 61.1 Å². The van der Waals surface area contributed by atoms with Crippen molar-refractivity contribution >= 4 is 18.1 Å². The number of benzene rings is 1. The van der Waals surface area contributed by atoms with E-state index in [4.69, 9.17) is 4.74 Å². The molecule has 0 bridgehead atoms. The van der Waals surface area contributed by atoms with E-state index >= 15 is 0 Å². The Labute approximate surface area is 149 Å². The molecule has 1 saturated heterocycles. The highest BCUT2D eigenvalue weighted by molar-refractivity contribution is 5.83. The van der Waals surface area contributed by atoms with Crippen LogP contribution >= 0.6 is 0 Å². The molecule has 6 heteroatoms. The third kappa shape index (κ3) is 5.52. The molecule has 0 spiro atoms. The molecule has 1 fully saturated rings. The van der Waals surface area contributed by atoms with Gasteiger partial charge in [0.15, 0.2) is 0 Å². The molecule has 1 N–H and O–H groups in total. The van der Waals surface area contributed by atoms with Gasteiger partial charge in [-0.2, -0.15) is 0 Å². The normalized spacial score (nSPS) is 16.2. The quantitative estimate of drug-likeness (QED) is 0.831. The van der Waals surface area contributed by atoms with Gasteiger partial charge in [0.05, 0.1) is 7.11 Å². The third-order valence-corrected chi connectivity index (χ3v) is 4.28. The topological polar surface area (TPSA) is 61.9 Å². The molecule has 136 valence electrons. The minimum Gasteiger partial charge on any atom is -0.467 e. The lowest BCUT2D eigenvalue weighted by Crippen LogP contribution is -2.55. The highest BCUT2D eigenvalue weighted by Gasteiger charge is 2.28. The summed E-state index contributed by atoms with van der Waals surface area (Å²) in [7, 11) is 1.34. The minimum atomic E-state index is -0.617. The number of ether oxygens (including phenoxy) is 1. The van der Waals surface area contributed by atoms with Crippen molar-refractivity contribution in [3.63, 3.8) is 0 Å². The minimum absolute atomic E-state index is 0.0218. The average Bonchev–Trinajstić information content (AvgIpc) is 2.64. The predicted octanol–water partition coefficient (Wildman–Crippen LogP) is 2.18. The molecular formula is C19H27N3O3. The van der Waals surface area contributed by atoms with E-state index in [0.717, 1.165) is 18.7 Å². The lowest BCUT2D eigenvalue weighted by Gasteiger charge is -2.35. The Hall–Kier alpha value is -2.50. The molecular weight excluding hydrogens is 318 g/mol. The number of esters is 1. The summed E-state index contributed by atoms with van der Waals surface area (Å²) in [5, 5.41) is 2.79. The molecule has 1 heterocycles. The van der Waals surface area contributed by atoms with Crippen molar-refractivity contribution in [2.45, 2.75) is 19.9 Å². The summed E-state index contributed by atoms with van der Waals surface area (Å²) in [5.41, 5.74) is 1.15. The van der Waals surface area contributed by atoms with Crippen molar-refractivity contribution in [1.29, 1.82) is 0 Å². The number of hydrogen-bond donors (Lipinski definition) is 1. The Balaban J connectivity index is 1.83. The Kier molecular flexibility index (Phi) is 6.86. The van der Waals surface area contributed by atoms with Crippen LogP contribution in [0.5, 0.6) is 0 Å². The molecule has 1 aromatic carbocycles. The summed E-state index contributed by atoms with van der Waals surface area (Å²) in [4.78, 5) is 28.1. The Morgan fingerprint density at radius 3 is 2.32 bits per heavy atom. The summed E-state index contributed by atoms with van der Waals surface area (Å²) >= 11 is 0. The molecule has 2 rings (SSSR count). The number of carbonyl (C=O) groups is 2. The number of rotatable bonds is 5. The predicted molar refractivity (Wildman–Crippen MR) is 97.8 cm³/mol. The first kappa shape index (κ1) is 18.8. The molecule has 0 radical (unpaired) electrons. The van der Waals surface area contributed by atoms with Crippen LogP contribution in [0.4, 0.5) is 4.79 Å². The van der Waals surface area contributed by atoms with Gasteiger partial charge >= 0.3 is 12.0 Å². The molecule has 6 nitrogen and oxygen atoms in total. The SMILES string of the molecule is COC(=O)[C@H](NC(=O)N1CCN(/C=C/c2ccccc2)CC1)C(C)C. The number of hydrogen-bond acceptors (Lipinski definition) is 4. The van der Waals surface area contributed by atoms with Crippen molar-refractivity contribution in [1.82, 2.24) is 15.1 Å². The maximum absolute atomic E-state index is 12.4. The van der Waals surface area contributed by atoms with E-state index in [1.807, 2.05) is 32.0 Å². The van der Waals surface area contributed by atoms with E-state index < -0.39 is 12.0 Å². The first-order valence-electron chi connectivity index (χ1n) is 8.62. The van der Waals surface area contributed by atoms with Crippen molar-refractivity contribution < 1.29 is 14.3 Å². The van der Waals surface area contributed by atoms with Gasteiger partial charge in [0.2, 0.25) is 0 Å². The monoisotopic (exact) mass is 345 g/mol. The number of urea groups is 1. The van der Waals surface area contributed by atoms with Crippen LogP contribution in [-0.2, 0) is 9.53 Å². The summed E-state index contributed by atoms with van der Waals surface area (Å²) in [6, 6.07) is 9.29. The number of nitrogens with one attached hydrogen (secondary N) is 1. The number of nitrogens with zero attached hydrogens (tertiary/aromatic N) is 2. The first-order valence-corrected chi connectivity index (χ1v) is 8.62. The van der Waals surface area contributed by atoms with Gasteiger partial charge in [0.1, 0.15) is 6.04 Å². The van der Waals surface area contributed by atoms with Crippen molar-refractivity contribution in [3.05, 3.63) is 42.1 Å². The van der Waals surface area contributed by atoms with Gasteiger partial charge in [-0.25, -0.2) is 9.59 Å². The van der Waals surface area contributed by atoms with Crippen LogP contribution in [0.2, 0.25) is 0 Å². The number of amides is 2. The fourth-order valence-electron chi connectivity index (χ4n) is 2.68. The van der Waals surface area contributed by atoms with Crippen LogP contribution in [0.15, 0.2) is 36.5 Å². The number of methoxy groups -OCH3 is 1. The van der Waals surface area contributed by atoms with Gasteiger partial charge in [-0.1, -0.05) is 44.2 Å². The zero-order valence-corrected chi connectivity index (χ0v) is 15.1. The Morgan fingerprint density at radius 2 is 1.76 bits per heavy atom. The van der Waals surface area contributed by atoms with Crippen LogP contribution in [0.25, 0.3) is 6.08 Å². The van der Waals surface area contributed by atoms with Crippen molar-refractivity contribution in [3.8, 4) is 0 Å². The summed E-state index contributed by atoms with van der Waals surface area (Å²) in [6.07, 6.45) is 4.14. The van der Waals surface area contributed by atoms with Gasteiger partial charge in [-0.05, 0) is 23.8 Å². The van der Waals surface area contributed by atoms with Gasteiger partial charge in [-0.15, -0.1) is 0 Å². The fourth-order valence-corrected chi connectivity index (χ4v) is 2.68. The van der Waals surface area contributed by atoms with Crippen LogP contribution in [0.1, 0.15) is 19.4 Å². The van der Waals surface area contributed by atoms with Gasteiger partial charge in [-0.3, -0.25) is 0 Å². The lowest BCUT2D eigenvalue weighted by atomic mass is 10.1. The zero-order chi connectivity index (χ0) is 18.2. The van der Waals surface area contributed by atoms with E-state index in [0.29, 0.717) is 13.1 Å². The molecule has 0 aromatic heterocycles. The average molecular weight is 345 g/mol. The molecule has 0 saturated carbocycles. The first-order chi connectivity index (χ1) is 12.0. The van der Waals surface area contributed by atoms with Crippen LogP contribution < -0.4 is 5.32 Å². The summed E-state index contributed by atoms with van der Waals surface area (Å²) in [6.45, 7) is 6.54. The van der Waals surface area contributed by atoms with Crippen molar-refractivity contribution in [2.75, 3.05) is 33.3 Å². The highest BCUT2D eigenvalue weighted by Crippen LogP contribution is 2.09. The number of carbonyl (C=O) groups excluding carboxylic acids is 2. The third-order valence-electron chi connectivity index (χ3n) is 4.28. The molecule has 1 aromatic rings. The van der Waals surface area contributed by atoms with E-state index in [1.165, 1.54) is 7.11 Å². The smallest absolute Gasteiger partial charge is 0.328 e. The van der Waals surface area contributed by atoms with E-state index in [9.17, 15) is 9.59 Å². The molecule has 1 atom stereocenters. The summed E-state index contributed by atoms with van der Waals surface area (Å²) in [5.74, 6) is -0.431. The molecule has 0 aliphatic carbocycles. The van der Waals surface area contributed by atoms with Crippen LogP contribution in [0, 0.1) is 5.92 Å². The van der Waals surface area contributed by atoms with E-state index in [1.54, 1.807) is 4.90 Å². The standard InChI is InChI=1S/C19H27N3O3/c1-15(2)17(18(23)25-3)20-19(24)22-13-11-21(12-14-22)10-9-16-7-5-4-6-8-16/h4-10,15,17H,11-14H2,1-3H3,(H,20,24)/b10-9+/t17-/m1/s1. The molecule has 1 aliphatic heterocycles. The maximum atomic E-state index is 12.4. The Bertz CT molecular complexity index is 593. The largest absolute Gasteiger partial charge is 0.467 e. The second-order valence-electron chi connectivity index (χ2n) is 6.44. The molecule has 2 amide bonds. The second-order valence-corrected chi connectivity index (χ2v) is 6.44. The van der Waals surface area contributed by atoms with E-state index in [-0.39, 0.29) is 11.9 Å². The summed E-state index contributed by atoms with van der Waals surface area (Å²) < 4.78 is 4.76. The van der Waals surface area contributed by atoms with Gasteiger partial charge in [0.25, 0.3) is 0 Å². The Morgan fingerprint density at radius 1 is 1.12 bits per heavy atom. The molecule has 25 heavy (non-hydrogen) atoms. The van der Waals surface area contributed by atoms with E-state index in [2.05, 4.69) is 34.6 Å². The zero-order valence-electron chi connectivity index (χ0n) is 15.1. The highest BCUT2D eigenvalue weighted by atomic mass is 16.5. The van der Waals surface area contributed by atoms with Gasteiger partial charge in [0, 0.05) is 26.2 Å². The lowest BCUT2D eigenvalue weighted by molar-refractivity contribution is -0.144. The van der Waals surface area contributed by atoms with Crippen LogP contribution in [0.3, 0.4) is 0 Å². The number of piperazine rings is 1. The van der Waals surface area contributed by atoms with Gasteiger partial charge < -0.3 is 19.9 Å². The fraction of sp³-hybridized carbons (Fsp3) is 0.474. The maximum Gasteiger partial charge on any atom is 0.328 e.